The Bertz CT molecular complexity index is 1130. The predicted octanol–water partition coefficient (Wildman–Crippen LogP) is 2.03. The first-order chi connectivity index (χ1) is 18.0. The molecule has 11 nitrogen and oxygen atoms in total. The van der Waals surface area contributed by atoms with Crippen LogP contribution in [-0.4, -0.2) is 77.2 Å². The Morgan fingerprint density at radius 2 is 1.30 bits per heavy atom. The predicted molar refractivity (Wildman–Crippen MR) is 140 cm³/mol. The number of carbonyl (C=O) groups is 2. The monoisotopic (exact) mass is 511 g/mol. The molecule has 0 unspecified atom stereocenters. The lowest BCUT2D eigenvalue weighted by Crippen LogP contribution is -2.43. The molecule has 2 aromatic rings. The number of rotatable bonds is 11. The molecule has 0 spiro atoms. The molecule has 0 bridgehead atoms. The average molecular weight is 512 g/mol. The third-order valence-electron chi connectivity index (χ3n) is 5.93. The van der Waals surface area contributed by atoms with Crippen molar-refractivity contribution in [2.75, 3.05) is 48.1 Å². The van der Waals surface area contributed by atoms with E-state index in [9.17, 15) is 9.59 Å². The minimum atomic E-state index is -0.223. The van der Waals surface area contributed by atoms with E-state index in [1.807, 2.05) is 17.0 Å². The van der Waals surface area contributed by atoms with Gasteiger partial charge in [0.15, 0.2) is 23.0 Å². The van der Waals surface area contributed by atoms with Crippen LogP contribution >= 0.6 is 0 Å². The zero-order chi connectivity index (χ0) is 26.6. The van der Waals surface area contributed by atoms with Crippen molar-refractivity contribution in [1.82, 2.24) is 15.8 Å². The summed E-state index contributed by atoms with van der Waals surface area (Å²) < 4.78 is 21.0. The average Bonchev–Trinajstić information content (AvgIpc) is 2.93. The second kappa shape index (κ2) is 13.8. The van der Waals surface area contributed by atoms with E-state index in [1.54, 1.807) is 65.1 Å². The highest BCUT2D eigenvalue weighted by atomic mass is 16.5. The maximum absolute atomic E-state index is 12.5. The van der Waals surface area contributed by atoms with Gasteiger partial charge < -0.3 is 18.9 Å². The van der Waals surface area contributed by atoms with Crippen molar-refractivity contribution in [3.05, 3.63) is 47.5 Å². The molecular weight excluding hydrogens is 478 g/mol. The second-order valence-electron chi connectivity index (χ2n) is 8.31. The lowest BCUT2D eigenvalue weighted by Gasteiger charge is -2.30. The molecule has 0 atom stereocenters. The molecule has 37 heavy (non-hydrogen) atoms. The molecule has 1 aliphatic heterocycles. The number of hydrogen-bond acceptors (Lipinski definition) is 9. The van der Waals surface area contributed by atoms with Gasteiger partial charge in [-0.15, -0.1) is 0 Å². The quantitative estimate of drug-likeness (QED) is 0.350. The molecular formula is C26H33N5O6. The highest BCUT2D eigenvalue weighted by molar-refractivity contribution is 5.85. The molecule has 0 radical (unpaired) electrons. The Morgan fingerprint density at radius 3 is 1.78 bits per heavy atom. The maximum Gasteiger partial charge on any atom is 0.254 e. The number of benzene rings is 2. The summed E-state index contributed by atoms with van der Waals surface area (Å²) in [6.45, 7) is 1.46. The number of carbonyl (C=O) groups excluding carboxylic acids is 2. The lowest BCUT2D eigenvalue weighted by atomic mass is 9.96. The molecule has 0 aromatic heterocycles. The van der Waals surface area contributed by atoms with Crippen LogP contribution in [0.1, 0.15) is 24.0 Å². The fraction of sp³-hybridized carbons (Fsp3) is 0.385. The van der Waals surface area contributed by atoms with Gasteiger partial charge in [0.2, 0.25) is 5.91 Å². The van der Waals surface area contributed by atoms with E-state index in [1.165, 1.54) is 0 Å². The molecule has 0 saturated carbocycles. The molecule has 3 rings (SSSR count). The van der Waals surface area contributed by atoms with E-state index in [2.05, 4.69) is 21.1 Å². The van der Waals surface area contributed by atoms with Gasteiger partial charge in [0.1, 0.15) is 0 Å². The van der Waals surface area contributed by atoms with Crippen LogP contribution in [0.15, 0.2) is 46.6 Å². The minimum Gasteiger partial charge on any atom is -0.493 e. The van der Waals surface area contributed by atoms with E-state index in [0.29, 0.717) is 48.9 Å². The first-order valence-corrected chi connectivity index (χ1v) is 11.8. The molecule has 2 N–H and O–H groups in total. The van der Waals surface area contributed by atoms with E-state index in [-0.39, 0.29) is 24.3 Å². The Hall–Kier alpha value is -4.12. The van der Waals surface area contributed by atoms with Crippen LogP contribution in [0.2, 0.25) is 0 Å². The van der Waals surface area contributed by atoms with Gasteiger partial charge in [-0.3, -0.25) is 14.5 Å². The summed E-state index contributed by atoms with van der Waals surface area (Å²) in [6, 6.07) is 10.7. The van der Waals surface area contributed by atoms with Crippen LogP contribution in [0.3, 0.4) is 0 Å². The molecule has 11 heteroatoms. The molecule has 1 saturated heterocycles. The Kier molecular flexibility index (Phi) is 10.3. The number of hydrazone groups is 2. The maximum atomic E-state index is 12.5. The second-order valence-corrected chi connectivity index (χ2v) is 8.31. The van der Waals surface area contributed by atoms with Crippen molar-refractivity contribution < 1.29 is 28.5 Å². The highest BCUT2D eigenvalue weighted by Crippen LogP contribution is 2.27. The fourth-order valence-electron chi connectivity index (χ4n) is 3.90. The van der Waals surface area contributed by atoms with Gasteiger partial charge in [-0.25, -0.2) is 10.9 Å². The molecule has 198 valence electrons. The molecule has 1 aliphatic rings. The van der Waals surface area contributed by atoms with Crippen molar-refractivity contribution in [2.45, 2.75) is 12.8 Å². The van der Waals surface area contributed by atoms with Crippen LogP contribution in [-0.2, 0) is 9.59 Å². The van der Waals surface area contributed by atoms with Crippen molar-refractivity contribution >= 4 is 24.2 Å². The van der Waals surface area contributed by atoms with Crippen molar-refractivity contribution in [1.29, 1.82) is 0 Å². The molecule has 0 aliphatic carbocycles. The van der Waals surface area contributed by atoms with Gasteiger partial charge >= 0.3 is 0 Å². The van der Waals surface area contributed by atoms with Crippen LogP contribution in [0.25, 0.3) is 0 Å². The minimum absolute atomic E-state index is 0.139. The van der Waals surface area contributed by atoms with E-state index < -0.39 is 0 Å². The third-order valence-corrected chi connectivity index (χ3v) is 5.93. The first-order valence-electron chi connectivity index (χ1n) is 11.8. The summed E-state index contributed by atoms with van der Waals surface area (Å²) in [7, 11) is 6.25. The Morgan fingerprint density at radius 1 is 0.811 bits per heavy atom. The van der Waals surface area contributed by atoms with E-state index in [0.717, 1.165) is 11.1 Å². The van der Waals surface area contributed by atoms with Gasteiger partial charge in [-0.1, -0.05) is 0 Å². The number of amides is 2. The highest BCUT2D eigenvalue weighted by Gasteiger charge is 2.25. The Balaban J connectivity index is 1.39. The summed E-state index contributed by atoms with van der Waals surface area (Å²) in [5.41, 5.74) is 6.68. The Labute approximate surface area is 216 Å². The number of methoxy groups -OCH3 is 4. The van der Waals surface area contributed by atoms with Gasteiger partial charge in [0.05, 0.1) is 47.4 Å². The van der Waals surface area contributed by atoms with Gasteiger partial charge in [0, 0.05) is 5.92 Å². The van der Waals surface area contributed by atoms with Gasteiger partial charge in [-0.05, 0) is 73.5 Å². The van der Waals surface area contributed by atoms with Gasteiger partial charge in [-0.2, -0.15) is 10.2 Å². The third kappa shape index (κ3) is 7.94. The summed E-state index contributed by atoms with van der Waals surface area (Å²) in [4.78, 5) is 26.8. The topological polar surface area (TPSA) is 123 Å². The first kappa shape index (κ1) is 27.5. The number of ether oxygens (including phenoxy) is 4. The largest absolute Gasteiger partial charge is 0.493 e. The number of nitrogens with one attached hydrogen (secondary N) is 2. The zero-order valence-corrected chi connectivity index (χ0v) is 21.5. The molecule has 1 fully saturated rings. The smallest absolute Gasteiger partial charge is 0.254 e. The normalized spacial score (nSPS) is 14.5. The molecule has 2 aromatic carbocycles. The van der Waals surface area contributed by atoms with E-state index >= 15 is 0 Å². The van der Waals surface area contributed by atoms with Crippen LogP contribution in [0.4, 0.5) is 0 Å². The SMILES string of the molecule is COc1ccc(C=NNC(=O)CN2CCC(C(=O)NN=Cc3ccc(OC)c(OC)c3)CC2)cc1OC. The van der Waals surface area contributed by atoms with Crippen molar-refractivity contribution in [3.8, 4) is 23.0 Å². The standard InChI is InChI=1S/C26H33N5O6/c1-34-21-7-5-18(13-23(21)36-3)15-27-29-25(32)17-31-11-9-20(10-12-31)26(33)30-28-16-19-6-8-22(35-2)24(14-19)37-4/h5-8,13-16,20H,9-12,17H2,1-4H3,(H,29,32)(H,30,33). The summed E-state index contributed by atoms with van der Waals surface area (Å²) >= 11 is 0. The number of nitrogens with zero attached hydrogens (tertiary/aromatic N) is 3. The van der Waals surface area contributed by atoms with Crippen LogP contribution in [0.5, 0.6) is 23.0 Å². The lowest BCUT2D eigenvalue weighted by molar-refractivity contribution is -0.126. The zero-order valence-electron chi connectivity index (χ0n) is 21.5. The molecule has 2 amide bonds. The summed E-state index contributed by atoms with van der Waals surface area (Å²) in [6.07, 6.45) is 4.38. The molecule has 1 heterocycles. The van der Waals surface area contributed by atoms with Crippen LogP contribution < -0.4 is 29.8 Å². The van der Waals surface area contributed by atoms with Crippen LogP contribution in [0, 0.1) is 5.92 Å². The number of hydrogen-bond donors (Lipinski definition) is 2. The van der Waals surface area contributed by atoms with Crippen molar-refractivity contribution in [3.63, 3.8) is 0 Å². The summed E-state index contributed by atoms with van der Waals surface area (Å²) in [5, 5.41) is 8.08. The fourth-order valence-corrected chi connectivity index (χ4v) is 3.90. The summed E-state index contributed by atoms with van der Waals surface area (Å²) in [5.74, 6) is 1.88. The van der Waals surface area contributed by atoms with E-state index in [4.69, 9.17) is 18.9 Å². The number of likely N-dealkylation sites (tertiary alicyclic amines) is 1. The van der Waals surface area contributed by atoms with Gasteiger partial charge in [0.25, 0.3) is 5.91 Å². The van der Waals surface area contributed by atoms with Crippen molar-refractivity contribution in [2.24, 2.45) is 16.1 Å². The number of piperidine rings is 1.